The van der Waals surface area contributed by atoms with E-state index in [1.807, 2.05) is 6.07 Å². The number of nitrogen functional groups attached to an aromatic ring is 1. The van der Waals surface area contributed by atoms with Gasteiger partial charge in [-0.3, -0.25) is 0 Å². The molecule has 0 spiro atoms. The van der Waals surface area contributed by atoms with Crippen LogP contribution in [0.25, 0.3) is 0 Å². The molecule has 0 radical (unpaired) electrons. The van der Waals surface area contributed by atoms with Gasteiger partial charge < -0.3 is 11.1 Å². The summed E-state index contributed by atoms with van der Waals surface area (Å²) >= 11 is 0. The fourth-order valence-electron chi connectivity index (χ4n) is 2.14. The van der Waals surface area contributed by atoms with Crippen molar-refractivity contribution in [2.24, 2.45) is 0 Å². The maximum Gasteiger partial charge on any atom is 0.139 e. The lowest BCUT2D eigenvalue weighted by atomic mass is 10.0. The minimum Gasteiger partial charge on any atom is -0.383 e. The summed E-state index contributed by atoms with van der Waals surface area (Å²) in [5.74, 6) is 1.87. The number of aromatic nitrogens is 2. The van der Waals surface area contributed by atoms with Crippen LogP contribution >= 0.6 is 0 Å². The molecule has 4 nitrogen and oxygen atoms in total. The van der Waals surface area contributed by atoms with E-state index in [9.17, 15) is 0 Å². The predicted molar refractivity (Wildman–Crippen MR) is 84.3 cm³/mol. The fourth-order valence-corrected chi connectivity index (χ4v) is 2.14. The molecule has 106 valence electrons. The topological polar surface area (TPSA) is 63.8 Å². The van der Waals surface area contributed by atoms with Gasteiger partial charge in [0.15, 0.2) is 0 Å². The quantitative estimate of drug-likeness (QED) is 0.865. The Morgan fingerprint density at radius 1 is 1.25 bits per heavy atom. The molecule has 0 fully saturated rings. The molecule has 0 unspecified atom stereocenters. The summed E-state index contributed by atoms with van der Waals surface area (Å²) in [7, 11) is 0. The lowest BCUT2D eigenvalue weighted by molar-refractivity contribution is 0.867. The largest absolute Gasteiger partial charge is 0.383 e. The van der Waals surface area contributed by atoms with Crippen molar-refractivity contribution in [3.63, 3.8) is 0 Å². The summed E-state index contributed by atoms with van der Waals surface area (Å²) in [5.41, 5.74) is 9.27. The van der Waals surface area contributed by atoms with Crippen molar-refractivity contribution in [3.8, 4) is 0 Å². The Balaban J connectivity index is 2.30. The third kappa shape index (κ3) is 3.26. The molecule has 20 heavy (non-hydrogen) atoms. The van der Waals surface area contributed by atoms with E-state index in [2.05, 4.69) is 54.3 Å². The molecule has 0 bridgehead atoms. The van der Waals surface area contributed by atoms with Crippen molar-refractivity contribution in [2.75, 3.05) is 11.1 Å². The summed E-state index contributed by atoms with van der Waals surface area (Å²) in [6, 6.07) is 8.39. The van der Waals surface area contributed by atoms with E-state index in [1.54, 1.807) is 0 Å². The Morgan fingerprint density at radius 2 is 2.05 bits per heavy atom. The summed E-state index contributed by atoms with van der Waals surface area (Å²) in [5, 5.41) is 3.36. The molecule has 0 amide bonds. The molecule has 1 aromatic carbocycles. The van der Waals surface area contributed by atoms with E-state index >= 15 is 0 Å². The van der Waals surface area contributed by atoms with E-state index in [1.165, 1.54) is 11.9 Å². The first kappa shape index (κ1) is 14.3. The maximum atomic E-state index is 5.95. The minimum atomic E-state index is 0.502. The molecular weight excluding hydrogens is 248 g/mol. The van der Waals surface area contributed by atoms with Crippen LogP contribution in [0, 0.1) is 0 Å². The Hall–Kier alpha value is -2.10. The van der Waals surface area contributed by atoms with E-state index in [4.69, 9.17) is 5.73 Å². The summed E-state index contributed by atoms with van der Waals surface area (Å²) in [4.78, 5) is 8.40. The third-order valence-corrected chi connectivity index (χ3v) is 3.29. The number of nitrogens with two attached hydrogens (primary N) is 1. The highest BCUT2D eigenvalue weighted by Crippen LogP contribution is 2.25. The lowest BCUT2D eigenvalue weighted by Gasteiger charge is -2.13. The van der Waals surface area contributed by atoms with Gasteiger partial charge in [0.25, 0.3) is 0 Å². The summed E-state index contributed by atoms with van der Waals surface area (Å²) in [6.45, 7) is 6.49. The first-order valence-electron chi connectivity index (χ1n) is 7.08. The smallest absolute Gasteiger partial charge is 0.139 e. The molecule has 0 atom stereocenters. The van der Waals surface area contributed by atoms with Gasteiger partial charge in [-0.25, -0.2) is 9.97 Å². The van der Waals surface area contributed by atoms with Crippen LogP contribution in [0.5, 0.6) is 0 Å². The molecule has 2 rings (SSSR count). The van der Waals surface area contributed by atoms with Gasteiger partial charge in [-0.05, 0) is 30.0 Å². The maximum absolute atomic E-state index is 5.95. The van der Waals surface area contributed by atoms with E-state index < -0.39 is 0 Å². The molecule has 4 heteroatoms. The van der Waals surface area contributed by atoms with Gasteiger partial charge in [0, 0.05) is 11.3 Å². The highest BCUT2D eigenvalue weighted by atomic mass is 15.0. The van der Waals surface area contributed by atoms with Crippen molar-refractivity contribution >= 4 is 17.3 Å². The molecule has 1 aromatic heterocycles. The highest BCUT2D eigenvalue weighted by Gasteiger charge is 2.09. The monoisotopic (exact) mass is 270 g/mol. The Labute approximate surface area is 120 Å². The summed E-state index contributed by atoms with van der Waals surface area (Å²) in [6.07, 6.45) is 3.39. The van der Waals surface area contributed by atoms with Crippen LogP contribution in [0.2, 0.25) is 0 Å². The van der Waals surface area contributed by atoms with Crippen LogP contribution < -0.4 is 11.1 Å². The second-order valence-electron chi connectivity index (χ2n) is 5.24. The van der Waals surface area contributed by atoms with Crippen LogP contribution in [-0.4, -0.2) is 9.97 Å². The molecule has 3 N–H and O–H groups in total. The van der Waals surface area contributed by atoms with Crippen LogP contribution in [0.15, 0.2) is 30.6 Å². The second-order valence-corrected chi connectivity index (χ2v) is 5.24. The average molecular weight is 270 g/mol. The molecular formula is C16H22N4. The van der Waals surface area contributed by atoms with Crippen molar-refractivity contribution in [2.45, 2.75) is 39.5 Å². The molecule has 0 aliphatic rings. The van der Waals surface area contributed by atoms with Gasteiger partial charge in [0.05, 0.1) is 0 Å². The van der Waals surface area contributed by atoms with Crippen LogP contribution in [0.4, 0.5) is 17.3 Å². The van der Waals surface area contributed by atoms with Gasteiger partial charge in [-0.15, -0.1) is 0 Å². The van der Waals surface area contributed by atoms with Crippen LogP contribution in [0.1, 0.15) is 44.2 Å². The van der Waals surface area contributed by atoms with Gasteiger partial charge >= 0.3 is 0 Å². The number of hydrogen-bond acceptors (Lipinski definition) is 4. The number of anilines is 3. The summed E-state index contributed by atoms with van der Waals surface area (Å²) < 4.78 is 0. The molecule has 0 aliphatic heterocycles. The van der Waals surface area contributed by atoms with E-state index in [-0.39, 0.29) is 0 Å². The molecule has 0 aliphatic carbocycles. The van der Waals surface area contributed by atoms with Gasteiger partial charge in [-0.2, -0.15) is 0 Å². The fraction of sp³-hybridized carbons (Fsp3) is 0.375. The Kier molecular flexibility index (Phi) is 4.56. The van der Waals surface area contributed by atoms with Gasteiger partial charge in [0.1, 0.15) is 18.0 Å². The standard InChI is InChI=1S/C16H22N4/c1-4-6-14-15(17)18-10-19-16(14)20-13-8-5-7-12(9-13)11(2)3/h5,7-11H,4,6H2,1-3H3,(H3,17,18,19,20). The number of nitrogens with zero attached hydrogens (tertiary/aromatic N) is 2. The third-order valence-electron chi connectivity index (χ3n) is 3.29. The van der Waals surface area contributed by atoms with E-state index in [0.717, 1.165) is 29.9 Å². The Bertz CT molecular complexity index is 578. The zero-order valence-electron chi connectivity index (χ0n) is 12.4. The molecule has 0 saturated carbocycles. The van der Waals surface area contributed by atoms with E-state index in [0.29, 0.717) is 11.7 Å². The number of rotatable bonds is 5. The van der Waals surface area contributed by atoms with Gasteiger partial charge in [-0.1, -0.05) is 39.3 Å². The zero-order chi connectivity index (χ0) is 14.5. The second kappa shape index (κ2) is 6.37. The minimum absolute atomic E-state index is 0.502. The zero-order valence-corrected chi connectivity index (χ0v) is 12.4. The van der Waals surface area contributed by atoms with Crippen molar-refractivity contribution in [1.29, 1.82) is 0 Å². The lowest BCUT2D eigenvalue weighted by Crippen LogP contribution is -2.05. The van der Waals surface area contributed by atoms with Crippen LogP contribution in [0.3, 0.4) is 0 Å². The SMILES string of the molecule is CCCc1c(N)ncnc1Nc1cccc(C(C)C)c1. The number of hydrogen-bond donors (Lipinski definition) is 2. The van der Waals surface area contributed by atoms with Crippen molar-refractivity contribution < 1.29 is 0 Å². The molecule has 0 saturated heterocycles. The first-order valence-corrected chi connectivity index (χ1v) is 7.08. The van der Waals surface area contributed by atoms with Crippen molar-refractivity contribution in [1.82, 2.24) is 9.97 Å². The Morgan fingerprint density at radius 3 is 2.75 bits per heavy atom. The predicted octanol–water partition coefficient (Wildman–Crippen LogP) is 3.88. The number of benzene rings is 1. The first-order chi connectivity index (χ1) is 9.61. The normalized spacial score (nSPS) is 10.8. The van der Waals surface area contributed by atoms with Gasteiger partial charge in [0.2, 0.25) is 0 Å². The highest BCUT2D eigenvalue weighted by molar-refractivity contribution is 5.64. The molecule has 1 heterocycles. The number of nitrogens with one attached hydrogen (secondary N) is 1. The van der Waals surface area contributed by atoms with Crippen molar-refractivity contribution in [3.05, 3.63) is 41.7 Å². The van der Waals surface area contributed by atoms with Crippen LogP contribution in [-0.2, 0) is 6.42 Å². The average Bonchev–Trinajstić information content (AvgIpc) is 2.43. The molecule has 2 aromatic rings.